The smallest absolute Gasteiger partial charge is 0.277 e. The van der Waals surface area contributed by atoms with Crippen LogP contribution in [0.15, 0.2) is 65.1 Å². The molecule has 31 heavy (non-hydrogen) atoms. The zero-order chi connectivity index (χ0) is 22.1. The van der Waals surface area contributed by atoms with Crippen molar-refractivity contribution in [2.24, 2.45) is 0 Å². The van der Waals surface area contributed by atoms with Crippen LogP contribution in [-0.2, 0) is 0 Å². The number of hydrogen-bond donors (Lipinski definition) is 1. The van der Waals surface area contributed by atoms with Crippen LogP contribution in [0.4, 0.5) is 17.1 Å². The van der Waals surface area contributed by atoms with Crippen molar-refractivity contribution < 1.29 is 19.1 Å². The van der Waals surface area contributed by atoms with Crippen LogP contribution in [0.3, 0.4) is 0 Å². The number of non-ortho nitro benzene ring substituents is 2. The molecular weight excluding hydrogens is 404 g/mol. The molecule has 0 aliphatic heterocycles. The summed E-state index contributed by atoms with van der Waals surface area (Å²) in [6.07, 6.45) is 0. The van der Waals surface area contributed by atoms with Gasteiger partial charge in [-0.1, -0.05) is 18.2 Å². The van der Waals surface area contributed by atoms with Gasteiger partial charge in [-0.25, -0.2) is 4.98 Å². The summed E-state index contributed by atoms with van der Waals surface area (Å²) in [5.74, 6) is -0.342. The number of nitrogens with zero attached hydrogens (tertiary/aromatic N) is 3. The summed E-state index contributed by atoms with van der Waals surface area (Å²) in [5.41, 5.74) is 1.74. The highest BCUT2D eigenvalue weighted by Crippen LogP contribution is 2.31. The Bertz CT molecular complexity index is 1300. The maximum atomic E-state index is 12.7. The zero-order valence-electron chi connectivity index (χ0n) is 16.1. The number of hydrogen-bond acceptors (Lipinski definition) is 7. The third-order valence-corrected chi connectivity index (χ3v) is 4.69. The molecule has 0 saturated carbocycles. The van der Waals surface area contributed by atoms with Crippen LogP contribution in [0.5, 0.6) is 0 Å². The Morgan fingerprint density at radius 1 is 0.968 bits per heavy atom. The van der Waals surface area contributed by atoms with Gasteiger partial charge in [0.15, 0.2) is 5.58 Å². The Kier molecular flexibility index (Phi) is 4.88. The highest BCUT2D eigenvalue weighted by Gasteiger charge is 2.21. The average molecular weight is 418 g/mol. The second-order valence-electron chi connectivity index (χ2n) is 6.67. The number of aromatic nitrogens is 1. The molecular formula is C21H14N4O6. The van der Waals surface area contributed by atoms with Crippen molar-refractivity contribution in [3.63, 3.8) is 0 Å². The largest absolute Gasteiger partial charge is 0.436 e. The highest BCUT2D eigenvalue weighted by atomic mass is 16.6. The zero-order valence-corrected chi connectivity index (χ0v) is 16.1. The van der Waals surface area contributed by atoms with Gasteiger partial charge in [-0.3, -0.25) is 25.0 Å². The van der Waals surface area contributed by atoms with Gasteiger partial charge in [0, 0.05) is 23.4 Å². The second kappa shape index (κ2) is 7.67. The molecule has 1 amide bonds. The van der Waals surface area contributed by atoms with E-state index in [1.54, 1.807) is 31.2 Å². The molecule has 10 nitrogen and oxygen atoms in total. The number of rotatable bonds is 5. The van der Waals surface area contributed by atoms with Crippen LogP contribution in [-0.4, -0.2) is 20.7 Å². The van der Waals surface area contributed by atoms with Crippen molar-refractivity contribution in [3.8, 4) is 11.5 Å². The van der Waals surface area contributed by atoms with E-state index in [0.717, 1.165) is 18.2 Å². The molecule has 0 spiro atoms. The number of nitro benzene ring substituents is 2. The molecule has 0 atom stereocenters. The fourth-order valence-electron chi connectivity index (χ4n) is 3.12. The third-order valence-electron chi connectivity index (χ3n) is 4.69. The number of amides is 1. The first-order chi connectivity index (χ1) is 14.8. The highest BCUT2D eigenvalue weighted by molar-refractivity contribution is 6.05. The number of benzene rings is 3. The number of carbonyl (C=O) groups is 1. The van der Waals surface area contributed by atoms with Gasteiger partial charge in [0.05, 0.1) is 21.5 Å². The molecule has 0 aliphatic carbocycles. The first kappa shape index (κ1) is 19.7. The molecule has 0 radical (unpaired) electrons. The van der Waals surface area contributed by atoms with Crippen molar-refractivity contribution in [1.82, 2.24) is 4.98 Å². The lowest BCUT2D eigenvalue weighted by atomic mass is 10.1. The Hall–Kier alpha value is -4.60. The lowest BCUT2D eigenvalue weighted by Crippen LogP contribution is -2.13. The number of oxazole rings is 1. The van der Waals surface area contributed by atoms with Crippen LogP contribution in [0.2, 0.25) is 0 Å². The van der Waals surface area contributed by atoms with Gasteiger partial charge < -0.3 is 9.73 Å². The van der Waals surface area contributed by atoms with Gasteiger partial charge in [0.2, 0.25) is 5.89 Å². The summed E-state index contributed by atoms with van der Waals surface area (Å²) in [5, 5.41) is 24.8. The second-order valence-corrected chi connectivity index (χ2v) is 6.67. The summed E-state index contributed by atoms with van der Waals surface area (Å²) >= 11 is 0. The maximum Gasteiger partial charge on any atom is 0.277 e. The van der Waals surface area contributed by atoms with E-state index in [-0.39, 0.29) is 5.56 Å². The number of anilines is 1. The van der Waals surface area contributed by atoms with Gasteiger partial charge in [-0.05, 0) is 36.8 Å². The Balaban J connectivity index is 1.69. The Morgan fingerprint density at radius 3 is 2.29 bits per heavy atom. The van der Waals surface area contributed by atoms with Crippen molar-refractivity contribution >= 4 is 34.1 Å². The first-order valence-corrected chi connectivity index (χ1v) is 9.04. The normalized spacial score (nSPS) is 10.7. The fraction of sp³-hybridized carbons (Fsp3) is 0.0476. The summed E-state index contributed by atoms with van der Waals surface area (Å²) in [7, 11) is 0. The third kappa shape index (κ3) is 3.81. The van der Waals surface area contributed by atoms with E-state index in [9.17, 15) is 25.0 Å². The van der Waals surface area contributed by atoms with Crippen LogP contribution in [0.1, 0.15) is 15.9 Å². The van der Waals surface area contributed by atoms with E-state index in [0.29, 0.717) is 33.8 Å². The quantitative estimate of drug-likeness (QED) is 0.360. The first-order valence-electron chi connectivity index (χ1n) is 9.04. The van der Waals surface area contributed by atoms with E-state index in [4.69, 9.17) is 4.42 Å². The van der Waals surface area contributed by atoms with Gasteiger partial charge in [-0.15, -0.1) is 0 Å². The Morgan fingerprint density at radius 2 is 1.65 bits per heavy atom. The van der Waals surface area contributed by atoms with Gasteiger partial charge in [0.25, 0.3) is 17.3 Å². The summed E-state index contributed by atoms with van der Waals surface area (Å²) in [6, 6.07) is 15.2. The minimum Gasteiger partial charge on any atom is -0.436 e. The molecule has 0 bridgehead atoms. The molecule has 3 aromatic carbocycles. The lowest BCUT2D eigenvalue weighted by molar-refractivity contribution is -0.394. The average Bonchev–Trinajstić information content (AvgIpc) is 3.18. The lowest BCUT2D eigenvalue weighted by Gasteiger charge is -2.11. The van der Waals surface area contributed by atoms with Gasteiger partial charge >= 0.3 is 0 Å². The molecule has 1 heterocycles. The number of nitrogens with one attached hydrogen (secondary N) is 1. The summed E-state index contributed by atoms with van der Waals surface area (Å²) in [6.45, 7) is 1.76. The van der Waals surface area contributed by atoms with Crippen molar-refractivity contribution in [3.05, 3.63) is 92.0 Å². The number of para-hydroxylation sites is 2. The van der Waals surface area contributed by atoms with Crippen molar-refractivity contribution in [1.29, 1.82) is 0 Å². The molecule has 0 saturated heterocycles. The fourth-order valence-corrected chi connectivity index (χ4v) is 3.12. The summed E-state index contributed by atoms with van der Waals surface area (Å²) < 4.78 is 5.79. The van der Waals surface area contributed by atoms with E-state index < -0.39 is 27.1 Å². The predicted octanol–water partition coefficient (Wildman–Crippen LogP) is 4.87. The molecule has 1 aromatic heterocycles. The topological polar surface area (TPSA) is 141 Å². The molecule has 10 heteroatoms. The van der Waals surface area contributed by atoms with Crippen LogP contribution in [0.25, 0.3) is 22.6 Å². The van der Waals surface area contributed by atoms with Crippen molar-refractivity contribution in [2.45, 2.75) is 6.92 Å². The van der Waals surface area contributed by atoms with Gasteiger partial charge in [0.1, 0.15) is 5.52 Å². The number of fused-ring (bicyclic) bond motifs is 1. The monoisotopic (exact) mass is 418 g/mol. The van der Waals surface area contributed by atoms with E-state index in [1.807, 2.05) is 18.2 Å². The minimum absolute atomic E-state index is 0.201. The summed E-state index contributed by atoms with van der Waals surface area (Å²) in [4.78, 5) is 37.7. The van der Waals surface area contributed by atoms with Crippen LogP contribution < -0.4 is 5.32 Å². The molecule has 4 rings (SSSR count). The van der Waals surface area contributed by atoms with Crippen LogP contribution in [0, 0.1) is 27.2 Å². The Labute approximate surface area is 174 Å². The van der Waals surface area contributed by atoms with Gasteiger partial charge in [-0.2, -0.15) is 0 Å². The molecule has 0 aliphatic rings. The minimum atomic E-state index is -0.789. The molecule has 4 aromatic rings. The van der Waals surface area contributed by atoms with E-state index >= 15 is 0 Å². The van der Waals surface area contributed by atoms with Crippen molar-refractivity contribution in [2.75, 3.05) is 5.32 Å². The molecule has 0 fully saturated rings. The molecule has 1 N–H and O–H groups in total. The van der Waals surface area contributed by atoms with E-state index in [1.165, 1.54) is 0 Å². The molecule has 0 unspecified atom stereocenters. The molecule has 154 valence electrons. The predicted molar refractivity (Wildman–Crippen MR) is 112 cm³/mol. The van der Waals surface area contributed by atoms with Crippen LogP contribution >= 0.6 is 0 Å². The SMILES string of the molecule is Cc1c(NC(=O)c2cc([N+](=O)[O-])cc([N+](=O)[O-])c2)cccc1-c1nc2ccccc2o1. The number of carbonyl (C=O) groups excluding carboxylic acids is 1. The van der Waals surface area contributed by atoms with E-state index in [2.05, 4.69) is 10.3 Å². The number of nitro groups is 2. The maximum absolute atomic E-state index is 12.7. The standard InChI is InChI=1S/C21H14N4O6/c1-12-16(21-23-18-6-2-3-8-19(18)31-21)5-4-7-17(12)22-20(26)13-9-14(24(27)28)11-15(10-13)25(29)30/h2-11H,1H3,(H,22,26).